The first kappa shape index (κ1) is 21.2. The normalized spacial score (nSPS) is 24.5. The second kappa shape index (κ2) is 9.41. The first-order chi connectivity index (χ1) is 14.0. The van der Waals surface area contributed by atoms with Crippen LogP contribution in [-0.4, -0.2) is 91.5 Å². The molecule has 2 saturated heterocycles. The lowest BCUT2D eigenvalue weighted by molar-refractivity contribution is 0.0182. The van der Waals surface area contributed by atoms with Crippen molar-refractivity contribution in [2.24, 2.45) is 0 Å². The van der Waals surface area contributed by atoms with E-state index in [4.69, 9.17) is 21.1 Å². The molecule has 0 aromatic carbocycles. The van der Waals surface area contributed by atoms with Crippen LogP contribution < -0.4 is 4.90 Å². The van der Waals surface area contributed by atoms with E-state index in [0.717, 1.165) is 75.1 Å². The zero-order valence-electron chi connectivity index (χ0n) is 17.4. The van der Waals surface area contributed by atoms with Gasteiger partial charge in [0.2, 0.25) is 5.28 Å². The molecule has 4 heterocycles. The van der Waals surface area contributed by atoms with Crippen LogP contribution >= 0.6 is 22.9 Å². The summed E-state index contributed by atoms with van der Waals surface area (Å²) in [4.78, 5) is 17.7. The number of thiophene rings is 1. The smallest absolute Gasteiger partial charge is 0.224 e. The number of methoxy groups -OCH3 is 1. The van der Waals surface area contributed by atoms with Crippen LogP contribution in [0.4, 0.5) is 5.82 Å². The van der Waals surface area contributed by atoms with Crippen LogP contribution in [0.5, 0.6) is 0 Å². The lowest BCUT2D eigenvalue weighted by atomic mass is 10.1. The van der Waals surface area contributed by atoms with Crippen LogP contribution in [0.15, 0.2) is 6.07 Å². The average Bonchev–Trinajstić information content (AvgIpc) is 3.09. The van der Waals surface area contributed by atoms with E-state index < -0.39 is 0 Å². The average molecular weight is 440 g/mol. The molecule has 0 N–H and O–H groups in total. The van der Waals surface area contributed by atoms with Crippen LogP contribution in [0.25, 0.3) is 10.2 Å². The number of hydrogen-bond donors (Lipinski definition) is 0. The summed E-state index contributed by atoms with van der Waals surface area (Å²) >= 11 is 8.03. The number of aromatic nitrogens is 2. The zero-order chi connectivity index (χ0) is 20.4. The van der Waals surface area contributed by atoms with Crippen LogP contribution in [0.1, 0.15) is 18.7 Å². The van der Waals surface area contributed by atoms with Gasteiger partial charge >= 0.3 is 0 Å². The zero-order valence-corrected chi connectivity index (χ0v) is 19.0. The Hall–Kier alpha value is -1.03. The van der Waals surface area contributed by atoms with Crippen LogP contribution in [0, 0.1) is 0 Å². The maximum atomic E-state index is 6.24. The lowest BCUT2D eigenvalue weighted by Crippen LogP contribution is -2.56. The second-order valence-electron chi connectivity index (χ2n) is 7.97. The van der Waals surface area contributed by atoms with E-state index in [1.54, 1.807) is 18.4 Å². The summed E-state index contributed by atoms with van der Waals surface area (Å²) in [5.74, 6) is 0.950. The molecule has 9 heteroatoms. The third-order valence-electron chi connectivity index (χ3n) is 5.80. The Kier molecular flexibility index (Phi) is 6.88. The van der Waals surface area contributed by atoms with E-state index in [2.05, 4.69) is 44.6 Å². The van der Waals surface area contributed by atoms with Crippen molar-refractivity contribution in [3.05, 3.63) is 16.2 Å². The summed E-state index contributed by atoms with van der Waals surface area (Å²) in [6.07, 6.45) is 0. The van der Waals surface area contributed by atoms with Gasteiger partial charge in [-0.3, -0.25) is 9.80 Å². The number of piperazine rings is 1. The maximum Gasteiger partial charge on any atom is 0.224 e. The van der Waals surface area contributed by atoms with Crippen molar-refractivity contribution in [1.82, 2.24) is 19.8 Å². The Bertz CT molecular complexity index is 817. The molecule has 2 fully saturated rings. The molecule has 0 radical (unpaired) electrons. The van der Waals surface area contributed by atoms with Gasteiger partial charge in [0.05, 0.1) is 30.0 Å². The van der Waals surface area contributed by atoms with Crippen molar-refractivity contribution in [2.75, 3.05) is 64.6 Å². The lowest BCUT2D eigenvalue weighted by Gasteiger charge is -2.44. The number of fused-ring (bicyclic) bond motifs is 1. The highest BCUT2D eigenvalue weighted by Gasteiger charge is 2.29. The Morgan fingerprint density at radius 3 is 2.62 bits per heavy atom. The monoisotopic (exact) mass is 439 g/mol. The minimum absolute atomic E-state index is 0.317. The van der Waals surface area contributed by atoms with Crippen LogP contribution in [0.3, 0.4) is 0 Å². The Morgan fingerprint density at radius 1 is 1.21 bits per heavy atom. The Labute approximate surface area is 181 Å². The fraction of sp³-hybridized carbons (Fsp3) is 0.700. The molecule has 2 aromatic rings. The van der Waals surface area contributed by atoms with Gasteiger partial charge in [0, 0.05) is 63.3 Å². The maximum absolute atomic E-state index is 6.24. The van der Waals surface area contributed by atoms with Crippen molar-refractivity contribution in [3.8, 4) is 0 Å². The molecule has 0 bridgehead atoms. The molecular weight excluding hydrogens is 410 g/mol. The molecular formula is C20H30ClN5O2S. The van der Waals surface area contributed by atoms with Crippen molar-refractivity contribution in [1.29, 1.82) is 0 Å². The van der Waals surface area contributed by atoms with E-state index in [1.165, 1.54) is 4.88 Å². The van der Waals surface area contributed by atoms with Crippen LogP contribution in [-0.2, 0) is 16.0 Å². The first-order valence-electron chi connectivity index (χ1n) is 10.3. The van der Waals surface area contributed by atoms with Gasteiger partial charge < -0.3 is 14.4 Å². The Balaban J connectivity index is 1.50. The summed E-state index contributed by atoms with van der Waals surface area (Å²) in [5.41, 5.74) is 0.950. The molecule has 0 amide bonds. The highest BCUT2D eigenvalue weighted by Crippen LogP contribution is 2.34. The van der Waals surface area contributed by atoms with Crippen molar-refractivity contribution >= 4 is 39.0 Å². The summed E-state index contributed by atoms with van der Waals surface area (Å²) < 4.78 is 11.9. The molecule has 4 rings (SSSR count). The van der Waals surface area contributed by atoms with Crippen LogP contribution in [0.2, 0.25) is 5.28 Å². The molecule has 0 aliphatic carbocycles. The summed E-state index contributed by atoms with van der Waals surface area (Å²) in [7, 11) is 1.77. The number of rotatable bonds is 6. The van der Waals surface area contributed by atoms with E-state index in [9.17, 15) is 0 Å². The SMILES string of the molecule is COCCN1[C@H](C)CN(Cc2cc3nc(Cl)nc(N4CCOCC4)c3s2)C[C@@H]1C. The van der Waals surface area contributed by atoms with Crippen molar-refractivity contribution < 1.29 is 9.47 Å². The molecule has 0 spiro atoms. The quantitative estimate of drug-likeness (QED) is 0.641. The number of anilines is 1. The molecule has 2 atom stereocenters. The van der Waals surface area contributed by atoms with E-state index in [0.29, 0.717) is 17.4 Å². The highest BCUT2D eigenvalue weighted by atomic mass is 35.5. The molecule has 160 valence electrons. The molecule has 29 heavy (non-hydrogen) atoms. The summed E-state index contributed by atoms with van der Waals surface area (Å²) in [6.45, 7) is 12.6. The topological polar surface area (TPSA) is 54.0 Å². The van der Waals surface area contributed by atoms with E-state index in [1.807, 2.05) is 0 Å². The van der Waals surface area contributed by atoms with Gasteiger partial charge in [-0.2, -0.15) is 4.98 Å². The molecule has 2 aromatic heterocycles. The molecule has 0 unspecified atom stereocenters. The minimum atomic E-state index is 0.317. The Morgan fingerprint density at radius 2 is 1.93 bits per heavy atom. The predicted molar refractivity (Wildman–Crippen MR) is 118 cm³/mol. The minimum Gasteiger partial charge on any atom is -0.383 e. The van der Waals surface area contributed by atoms with Gasteiger partial charge in [0.25, 0.3) is 0 Å². The van der Waals surface area contributed by atoms with Gasteiger partial charge in [-0.05, 0) is 31.5 Å². The molecule has 2 aliphatic rings. The number of hydrogen-bond acceptors (Lipinski definition) is 8. The van der Waals surface area contributed by atoms with E-state index >= 15 is 0 Å². The predicted octanol–water partition coefficient (Wildman–Crippen LogP) is 2.72. The van der Waals surface area contributed by atoms with Gasteiger partial charge in [0.15, 0.2) is 5.82 Å². The fourth-order valence-corrected chi connectivity index (χ4v) is 5.78. The first-order valence-corrected chi connectivity index (χ1v) is 11.5. The molecule has 0 saturated carbocycles. The standard InChI is InChI=1S/C20H30ClN5O2S/c1-14-11-24(12-15(2)26(14)6-7-27-3)13-16-10-17-18(29-16)19(23-20(21)22-17)25-4-8-28-9-5-25/h10,14-15H,4-9,11-13H2,1-3H3/t14-,15+. The summed E-state index contributed by atoms with van der Waals surface area (Å²) in [5, 5.41) is 0.317. The third-order valence-corrected chi connectivity index (χ3v) is 7.07. The van der Waals surface area contributed by atoms with Crippen molar-refractivity contribution in [3.63, 3.8) is 0 Å². The van der Waals surface area contributed by atoms with E-state index in [-0.39, 0.29) is 0 Å². The number of nitrogens with zero attached hydrogens (tertiary/aromatic N) is 5. The number of morpholine rings is 1. The fourth-order valence-electron chi connectivity index (χ4n) is 4.46. The van der Waals surface area contributed by atoms with Gasteiger partial charge in [-0.15, -0.1) is 11.3 Å². The molecule has 7 nitrogen and oxygen atoms in total. The second-order valence-corrected chi connectivity index (χ2v) is 9.44. The number of ether oxygens (including phenoxy) is 2. The van der Waals surface area contributed by atoms with Crippen molar-refractivity contribution in [2.45, 2.75) is 32.5 Å². The van der Waals surface area contributed by atoms with Gasteiger partial charge in [-0.1, -0.05) is 0 Å². The van der Waals surface area contributed by atoms with Gasteiger partial charge in [0.1, 0.15) is 0 Å². The number of halogens is 1. The van der Waals surface area contributed by atoms with Gasteiger partial charge in [-0.25, -0.2) is 4.98 Å². The third kappa shape index (κ3) is 4.84. The highest BCUT2D eigenvalue weighted by molar-refractivity contribution is 7.19. The molecule has 2 aliphatic heterocycles. The largest absolute Gasteiger partial charge is 0.383 e. The summed E-state index contributed by atoms with van der Waals surface area (Å²) in [6, 6.07) is 3.22.